The quantitative estimate of drug-likeness (QED) is 0.597. The molecule has 0 bridgehead atoms. The van der Waals surface area contributed by atoms with E-state index in [4.69, 9.17) is 0 Å². The molecule has 0 radical (unpaired) electrons. The van der Waals surface area contributed by atoms with Crippen molar-refractivity contribution in [1.82, 2.24) is 20.0 Å². The molecule has 2 aromatic heterocycles. The van der Waals surface area contributed by atoms with Crippen LogP contribution in [-0.4, -0.2) is 25.9 Å². The van der Waals surface area contributed by atoms with Gasteiger partial charge in [-0.2, -0.15) is 15.4 Å². The van der Waals surface area contributed by atoms with Gasteiger partial charge >= 0.3 is 0 Å². The highest BCUT2D eigenvalue weighted by Gasteiger charge is 2.08. The Hall–Kier alpha value is -3.29. The number of hydrogen-bond donors (Lipinski definition) is 2. The fourth-order valence-electron chi connectivity index (χ4n) is 2.69. The van der Waals surface area contributed by atoms with Crippen LogP contribution in [0.4, 0.5) is 10.1 Å². The van der Waals surface area contributed by atoms with Crippen molar-refractivity contribution >= 4 is 11.6 Å². The second-order valence-corrected chi connectivity index (χ2v) is 6.20. The molecule has 140 valence electrons. The van der Waals surface area contributed by atoms with Crippen molar-refractivity contribution in [2.24, 2.45) is 0 Å². The monoisotopic (exact) mass is 369 g/mol. The standard InChI is InChI=1S/C19H20FN5O2/c20-15-9-7-14(8-10-15)13-25-11-3-5-17(19(25)27)22-18(26)6-2-1-4-16-12-21-24-23-16/h3,5,7-12H,1-2,4,6,13H2,(H,22,26)(H,21,23,24). The Kier molecular flexibility index (Phi) is 6.09. The number of pyridine rings is 1. The summed E-state index contributed by atoms with van der Waals surface area (Å²) in [5.41, 5.74) is 1.61. The lowest BCUT2D eigenvalue weighted by Crippen LogP contribution is -2.25. The van der Waals surface area contributed by atoms with Gasteiger partial charge in [-0.3, -0.25) is 9.59 Å². The lowest BCUT2D eigenvalue weighted by molar-refractivity contribution is -0.116. The average molecular weight is 369 g/mol. The molecular formula is C19H20FN5O2. The van der Waals surface area contributed by atoms with E-state index in [1.54, 1.807) is 36.7 Å². The third kappa shape index (κ3) is 5.34. The van der Waals surface area contributed by atoms with Crippen molar-refractivity contribution in [2.45, 2.75) is 32.2 Å². The molecule has 8 heteroatoms. The number of carbonyl (C=O) groups is 1. The van der Waals surface area contributed by atoms with E-state index in [1.807, 2.05) is 0 Å². The number of carbonyl (C=O) groups excluding carboxylic acids is 1. The van der Waals surface area contributed by atoms with Gasteiger partial charge in [-0.25, -0.2) is 4.39 Å². The van der Waals surface area contributed by atoms with Gasteiger partial charge in [0.2, 0.25) is 5.91 Å². The zero-order chi connectivity index (χ0) is 19.1. The first kappa shape index (κ1) is 18.5. The van der Waals surface area contributed by atoms with Gasteiger partial charge in [0.1, 0.15) is 11.5 Å². The van der Waals surface area contributed by atoms with Crippen LogP contribution < -0.4 is 10.9 Å². The highest BCUT2D eigenvalue weighted by atomic mass is 19.1. The molecule has 2 heterocycles. The first-order chi connectivity index (χ1) is 13.1. The molecule has 0 saturated carbocycles. The van der Waals surface area contributed by atoms with E-state index in [-0.39, 0.29) is 23.0 Å². The topological polar surface area (TPSA) is 92.7 Å². The Bertz CT molecular complexity index is 935. The molecule has 0 unspecified atom stereocenters. The highest BCUT2D eigenvalue weighted by molar-refractivity contribution is 5.90. The molecule has 1 amide bonds. The number of anilines is 1. The number of unbranched alkanes of at least 4 members (excludes halogenated alkanes) is 1. The third-order valence-electron chi connectivity index (χ3n) is 4.11. The molecule has 0 aliphatic heterocycles. The average Bonchev–Trinajstić information content (AvgIpc) is 3.17. The van der Waals surface area contributed by atoms with Crippen LogP contribution in [-0.2, 0) is 17.8 Å². The van der Waals surface area contributed by atoms with Crippen LogP contribution in [0.2, 0.25) is 0 Å². The van der Waals surface area contributed by atoms with Crippen molar-refractivity contribution in [3.8, 4) is 0 Å². The molecular weight excluding hydrogens is 349 g/mol. The predicted octanol–water partition coefficient (Wildman–Crippen LogP) is 2.51. The van der Waals surface area contributed by atoms with Crippen LogP contribution in [0.3, 0.4) is 0 Å². The Balaban J connectivity index is 1.54. The number of amides is 1. The molecule has 0 saturated heterocycles. The third-order valence-corrected chi connectivity index (χ3v) is 4.11. The predicted molar refractivity (Wildman–Crippen MR) is 98.8 cm³/mol. The summed E-state index contributed by atoms with van der Waals surface area (Å²) in [4.78, 5) is 24.6. The van der Waals surface area contributed by atoms with Crippen molar-refractivity contribution < 1.29 is 9.18 Å². The zero-order valence-electron chi connectivity index (χ0n) is 14.7. The lowest BCUT2D eigenvalue weighted by Gasteiger charge is -2.09. The Morgan fingerprint density at radius 3 is 2.74 bits per heavy atom. The number of halogens is 1. The van der Waals surface area contributed by atoms with Crippen LogP contribution in [0.1, 0.15) is 30.5 Å². The number of aryl methyl sites for hydroxylation is 1. The maximum atomic E-state index is 13.0. The normalized spacial score (nSPS) is 10.7. The van der Waals surface area contributed by atoms with Gasteiger partial charge < -0.3 is 9.88 Å². The van der Waals surface area contributed by atoms with Crippen LogP contribution in [0.15, 0.2) is 53.6 Å². The maximum Gasteiger partial charge on any atom is 0.274 e. The minimum Gasteiger partial charge on any atom is -0.321 e. The largest absolute Gasteiger partial charge is 0.321 e. The highest BCUT2D eigenvalue weighted by Crippen LogP contribution is 2.07. The second-order valence-electron chi connectivity index (χ2n) is 6.20. The number of aromatic nitrogens is 4. The van der Waals surface area contributed by atoms with Crippen molar-refractivity contribution in [1.29, 1.82) is 0 Å². The van der Waals surface area contributed by atoms with Gasteiger partial charge in [-0.05, 0) is 49.1 Å². The van der Waals surface area contributed by atoms with Crippen molar-refractivity contribution in [3.05, 3.63) is 76.2 Å². The minimum atomic E-state index is -0.323. The van der Waals surface area contributed by atoms with E-state index in [9.17, 15) is 14.0 Å². The first-order valence-corrected chi connectivity index (χ1v) is 8.70. The minimum absolute atomic E-state index is 0.202. The summed E-state index contributed by atoms with van der Waals surface area (Å²) in [5.74, 6) is -0.526. The summed E-state index contributed by atoms with van der Waals surface area (Å²) in [6, 6.07) is 9.24. The van der Waals surface area contributed by atoms with Crippen LogP contribution in [0.25, 0.3) is 0 Å². The molecule has 7 nitrogen and oxygen atoms in total. The molecule has 1 aromatic carbocycles. The number of rotatable bonds is 8. The van der Waals surface area contributed by atoms with Crippen molar-refractivity contribution in [2.75, 3.05) is 5.32 Å². The SMILES string of the molecule is O=C(CCCCc1cn[nH]n1)Nc1cccn(Cc2ccc(F)cc2)c1=O. The number of aromatic amines is 1. The van der Waals surface area contributed by atoms with Crippen molar-refractivity contribution in [3.63, 3.8) is 0 Å². The molecule has 0 spiro atoms. The number of nitrogens with one attached hydrogen (secondary N) is 2. The van der Waals surface area contributed by atoms with Gasteiger partial charge in [0, 0.05) is 12.6 Å². The molecule has 3 rings (SSSR count). The summed E-state index contributed by atoms with van der Waals surface area (Å²) in [5, 5.41) is 12.9. The Morgan fingerprint density at radius 1 is 1.19 bits per heavy atom. The fraction of sp³-hybridized carbons (Fsp3) is 0.263. The van der Waals surface area contributed by atoms with Gasteiger partial charge in [-0.15, -0.1) is 0 Å². The van der Waals surface area contributed by atoms with Gasteiger partial charge in [-0.1, -0.05) is 12.1 Å². The maximum absolute atomic E-state index is 13.0. The number of hydrogen-bond acceptors (Lipinski definition) is 4. The molecule has 2 N–H and O–H groups in total. The lowest BCUT2D eigenvalue weighted by atomic mass is 10.1. The zero-order valence-corrected chi connectivity index (χ0v) is 14.7. The summed E-state index contributed by atoms with van der Waals surface area (Å²) in [7, 11) is 0. The van der Waals surface area contributed by atoms with Crippen LogP contribution in [0, 0.1) is 5.82 Å². The summed E-state index contributed by atoms with van der Waals surface area (Å²) >= 11 is 0. The number of H-pyrrole nitrogens is 1. The Labute approximate surface area is 155 Å². The number of nitrogens with zero attached hydrogens (tertiary/aromatic N) is 3. The van der Waals surface area contributed by atoms with Gasteiger partial charge in [0.15, 0.2) is 0 Å². The van der Waals surface area contributed by atoms with E-state index in [1.165, 1.54) is 16.7 Å². The van der Waals surface area contributed by atoms with E-state index in [0.717, 1.165) is 24.1 Å². The van der Waals surface area contributed by atoms with Crippen LogP contribution >= 0.6 is 0 Å². The summed E-state index contributed by atoms with van der Waals surface area (Å²) in [6.07, 6.45) is 5.87. The Morgan fingerprint density at radius 2 is 2.00 bits per heavy atom. The smallest absolute Gasteiger partial charge is 0.274 e. The molecule has 0 aliphatic rings. The second kappa shape index (κ2) is 8.88. The van der Waals surface area contributed by atoms with E-state index >= 15 is 0 Å². The molecule has 27 heavy (non-hydrogen) atoms. The first-order valence-electron chi connectivity index (χ1n) is 8.70. The molecule has 0 atom stereocenters. The summed E-state index contributed by atoms with van der Waals surface area (Å²) in [6.45, 7) is 0.306. The van der Waals surface area contributed by atoms with Gasteiger partial charge in [0.25, 0.3) is 5.56 Å². The summed E-state index contributed by atoms with van der Waals surface area (Å²) < 4.78 is 14.5. The van der Waals surface area contributed by atoms with E-state index in [0.29, 0.717) is 19.4 Å². The van der Waals surface area contributed by atoms with E-state index in [2.05, 4.69) is 20.7 Å². The molecule has 3 aromatic rings. The molecule has 0 aliphatic carbocycles. The van der Waals surface area contributed by atoms with E-state index < -0.39 is 0 Å². The fourth-order valence-corrected chi connectivity index (χ4v) is 2.69. The molecule has 0 fully saturated rings. The van der Waals surface area contributed by atoms with Gasteiger partial charge in [0.05, 0.1) is 18.4 Å². The van der Waals surface area contributed by atoms with Crippen LogP contribution in [0.5, 0.6) is 0 Å². The number of benzene rings is 1.